The molecule has 0 unspecified atom stereocenters. The topological polar surface area (TPSA) is 53.4 Å². The van der Waals surface area contributed by atoms with Gasteiger partial charge in [0.05, 0.1) is 5.02 Å². The van der Waals surface area contributed by atoms with E-state index in [2.05, 4.69) is 4.98 Å². The van der Waals surface area contributed by atoms with Gasteiger partial charge < -0.3 is 10.0 Å². The van der Waals surface area contributed by atoms with Crippen molar-refractivity contribution >= 4 is 24.2 Å². The SMILES string of the molecule is Cc1cncc(Cl)c1B(O)O. The highest BCUT2D eigenvalue weighted by atomic mass is 35.5. The average molecular weight is 171 g/mol. The van der Waals surface area contributed by atoms with Crippen LogP contribution >= 0.6 is 11.6 Å². The maximum absolute atomic E-state index is 8.83. The van der Waals surface area contributed by atoms with E-state index in [1.807, 2.05) is 0 Å². The molecule has 0 spiro atoms. The Bertz CT molecular complexity index is 247. The lowest BCUT2D eigenvalue weighted by Gasteiger charge is -2.04. The van der Waals surface area contributed by atoms with Crippen molar-refractivity contribution in [2.45, 2.75) is 6.92 Å². The molecule has 0 aromatic carbocycles. The molecule has 1 aromatic heterocycles. The van der Waals surface area contributed by atoms with Crippen LogP contribution in [0.2, 0.25) is 5.02 Å². The van der Waals surface area contributed by atoms with Crippen LogP contribution in [-0.4, -0.2) is 22.2 Å². The summed E-state index contributed by atoms with van der Waals surface area (Å²) < 4.78 is 0. The zero-order valence-corrected chi connectivity index (χ0v) is 6.71. The predicted molar refractivity (Wildman–Crippen MR) is 43.8 cm³/mol. The molecule has 1 aromatic rings. The Morgan fingerprint density at radius 1 is 1.45 bits per heavy atom. The van der Waals surface area contributed by atoms with Crippen LogP contribution in [0.25, 0.3) is 0 Å². The van der Waals surface area contributed by atoms with Crippen molar-refractivity contribution in [3.63, 3.8) is 0 Å². The van der Waals surface area contributed by atoms with Crippen molar-refractivity contribution < 1.29 is 10.0 Å². The summed E-state index contributed by atoms with van der Waals surface area (Å²) in [6, 6.07) is 0. The molecule has 58 valence electrons. The lowest BCUT2D eigenvalue weighted by molar-refractivity contribution is 0.425. The number of rotatable bonds is 1. The van der Waals surface area contributed by atoms with Gasteiger partial charge in [-0.3, -0.25) is 4.98 Å². The van der Waals surface area contributed by atoms with Crippen LogP contribution in [0.4, 0.5) is 0 Å². The summed E-state index contributed by atoms with van der Waals surface area (Å²) in [5.41, 5.74) is 0.995. The molecular weight excluding hydrogens is 164 g/mol. The fourth-order valence-electron chi connectivity index (χ4n) is 0.869. The van der Waals surface area contributed by atoms with E-state index in [0.717, 1.165) is 0 Å². The Hall–Kier alpha value is -0.575. The summed E-state index contributed by atoms with van der Waals surface area (Å²) in [5.74, 6) is 0. The van der Waals surface area contributed by atoms with Gasteiger partial charge in [0.2, 0.25) is 0 Å². The molecular formula is C6H7BClNO2. The molecule has 11 heavy (non-hydrogen) atoms. The van der Waals surface area contributed by atoms with Crippen LogP contribution in [0.3, 0.4) is 0 Å². The second-order valence-electron chi connectivity index (χ2n) is 2.23. The van der Waals surface area contributed by atoms with Crippen LogP contribution in [0.15, 0.2) is 12.4 Å². The highest BCUT2D eigenvalue weighted by molar-refractivity contribution is 6.63. The van der Waals surface area contributed by atoms with Crippen molar-refractivity contribution in [1.82, 2.24) is 4.98 Å². The summed E-state index contributed by atoms with van der Waals surface area (Å²) in [6.45, 7) is 1.72. The molecule has 2 N–H and O–H groups in total. The molecule has 3 nitrogen and oxygen atoms in total. The first kappa shape index (κ1) is 8.52. The lowest BCUT2D eigenvalue weighted by atomic mass is 9.78. The van der Waals surface area contributed by atoms with E-state index in [9.17, 15) is 0 Å². The third kappa shape index (κ3) is 1.71. The molecule has 5 heteroatoms. The smallest absolute Gasteiger partial charge is 0.423 e. The molecule has 0 saturated heterocycles. The molecule has 0 fully saturated rings. The predicted octanol–water partition coefficient (Wildman–Crippen LogP) is -0.277. The number of hydrogen-bond donors (Lipinski definition) is 2. The van der Waals surface area contributed by atoms with Gasteiger partial charge in [-0.15, -0.1) is 0 Å². The van der Waals surface area contributed by atoms with Crippen molar-refractivity contribution in [1.29, 1.82) is 0 Å². The maximum atomic E-state index is 8.83. The second kappa shape index (κ2) is 3.22. The highest BCUT2D eigenvalue weighted by Crippen LogP contribution is 2.05. The van der Waals surface area contributed by atoms with E-state index in [1.54, 1.807) is 6.92 Å². The molecule has 1 heterocycles. The second-order valence-corrected chi connectivity index (χ2v) is 2.63. The van der Waals surface area contributed by atoms with Crippen molar-refractivity contribution in [2.75, 3.05) is 0 Å². The van der Waals surface area contributed by atoms with Gasteiger partial charge in [0.1, 0.15) is 0 Å². The quantitative estimate of drug-likeness (QED) is 0.572. The van der Waals surface area contributed by atoms with Gasteiger partial charge in [0, 0.05) is 17.9 Å². The highest BCUT2D eigenvalue weighted by Gasteiger charge is 2.17. The summed E-state index contributed by atoms with van der Waals surface area (Å²) in [6.07, 6.45) is 2.91. The first-order valence-corrected chi connectivity index (χ1v) is 3.47. The molecule has 0 aliphatic heterocycles. The minimum absolute atomic E-state index is 0.278. The number of hydrogen-bond acceptors (Lipinski definition) is 3. The standard InChI is InChI=1S/C6H7BClNO2/c1-4-2-9-3-5(8)6(4)7(10)11/h2-3,10-11H,1H3. The Balaban J connectivity index is 3.21. The molecule has 1 rings (SSSR count). The first-order chi connectivity index (χ1) is 5.13. The first-order valence-electron chi connectivity index (χ1n) is 3.09. The third-order valence-electron chi connectivity index (χ3n) is 1.40. The number of halogens is 1. The minimum Gasteiger partial charge on any atom is -0.423 e. The molecule has 0 saturated carbocycles. The van der Waals surface area contributed by atoms with Crippen LogP contribution in [0.1, 0.15) is 5.56 Å². The minimum atomic E-state index is -1.52. The third-order valence-corrected chi connectivity index (χ3v) is 1.70. The summed E-state index contributed by atoms with van der Waals surface area (Å²) >= 11 is 5.64. The molecule has 0 bridgehead atoms. The summed E-state index contributed by atoms with van der Waals surface area (Å²) in [5, 5.41) is 17.9. The fraction of sp³-hybridized carbons (Fsp3) is 0.167. The molecule has 0 radical (unpaired) electrons. The van der Waals surface area contributed by atoms with Crippen LogP contribution in [-0.2, 0) is 0 Å². The van der Waals surface area contributed by atoms with Crippen molar-refractivity contribution in [3.8, 4) is 0 Å². The van der Waals surface area contributed by atoms with Gasteiger partial charge in [-0.2, -0.15) is 0 Å². The Morgan fingerprint density at radius 3 is 2.45 bits per heavy atom. The van der Waals surface area contributed by atoms with E-state index in [1.165, 1.54) is 12.4 Å². The van der Waals surface area contributed by atoms with Gasteiger partial charge in [0.15, 0.2) is 0 Å². The average Bonchev–Trinajstić information content (AvgIpc) is 1.85. The van der Waals surface area contributed by atoms with E-state index in [4.69, 9.17) is 21.6 Å². The van der Waals surface area contributed by atoms with Gasteiger partial charge in [-0.05, 0) is 12.5 Å². The Labute approximate surface area is 69.8 Å². The van der Waals surface area contributed by atoms with Crippen LogP contribution in [0.5, 0.6) is 0 Å². The molecule has 0 atom stereocenters. The van der Waals surface area contributed by atoms with Gasteiger partial charge in [-0.1, -0.05) is 11.6 Å². The van der Waals surface area contributed by atoms with E-state index in [-0.39, 0.29) is 5.02 Å². The van der Waals surface area contributed by atoms with E-state index < -0.39 is 7.12 Å². The van der Waals surface area contributed by atoms with Crippen LogP contribution in [0, 0.1) is 6.92 Å². The van der Waals surface area contributed by atoms with Crippen LogP contribution < -0.4 is 5.46 Å². The zero-order chi connectivity index (χ0) is 8.43. The van der Waals surface area contributed by atoms with Gasteiger partial charge in [0.25, 0.3) is 0 Å². The number of pyridine rings is 1. The number of nitrogens with zero attached hydrogens (tertiary/aromatic N) is 1. The zero-order valence-electron chi connectivity index (χ0n) is 5.95. The largest absolute Gasteiger partial charge is 0.490 e. The number of aromatic nitrogens is 1. The Morgan fingerprint density at radius 2 is 2.09 bits per heavy atom. The summed E-state index contributed by atoms with van der Waals surface area (Å²) in [4.78, 5) is 3.77. The maximum Gasteiger partial charge on any atom is 0.490 e. The molecule has 0 aliphatic carbocycles. The van der Waals surface area contributed by atoms with E-state index >= 15 is 0 Å². The monoisotopic (exact) mass is 171 g/mol. The molecule has 0 amide bonds. The van der Waals surface area contributed by atoms with E-state index in [0.29, 0.717) is 11.0 Å². The Kier molecular flexibility index (Phi) is 2.49. The fourth-order valence-corrected chi connectivity index (χ4v) is 1.17. The number of aryl methyl sites for hydroxylation is 1. The lowest BCUT2D eigenvalue weighted by Crippen LogP contribution is -2.33. The normalized spacial score (nSPS) is 9.82. The molecule has 0 aliphatic rings. The van der Waals surface area contributed by atoms with Gasteiger partial charge in [-0.25, -0.2) is 0 Å². The van der Waals surface area contributed by atoms with Crippen molar-refractivity contribution in [3.05, 3.63) is 23.0 Å². The van der Waals surface area contributed by atoms with Gasteiger partial charge >= 0.3 is 7.12 Å². The van der Waals surface area contributed by atoms with Crippen molar-refractivity contribution in [2.24, 2.45) is 0 Å². The summed E-state index contributed by atoms with van der Waals surface area (Å²) in [7, 11) is -1.52.